The third-order valence-corrected chi connectivity index (χ3v) is 11.1. The second kappa shape index (κ2) is 17.5. The first-order valence-corrected chi connectivity index (χ1v) is 20.4. The Hall–Kier alpha value is -5.92. The molecule has 6 rings (SSSR count). The summed E-state index contributed by atoms with van der Waals surface area (Å²) in [4.78, 5) is 70.3. The SMILES string of the molecule is COC(=O)N[C@H](C(=O)N1CCC[C@H]1c1nc(-c2ccc(-c3ccc(NC(=O)c4ccc(N5C[C@H](C)N(C(=O)OC(C)(C)C)C[C@H]5C)nc4)cc3C)c(C)c2)c[nH]1)C(C)C. The van der Waals surface area contributed by atoms with Crippen molar-refractivity contribution in [1.29, 1.82) is 0 Å². The number of benzene rings is 2. The van der Waals surface area contributed by atoms with Gasteiger partial charge in [0, 0.05) is 55.4 Å². The molecule has 14 nitrogen and oxygen atoms in total. The average molecular weight is 807 g/mol. The second-order valence-electron chi connectivity index (χ2n) is 17.1. The highest BCUT2D eigenvalue weighted by molar-refractivity contribution is 6.04. The fourth-order valence-corrected chi connectivity index (χ4v) is 7.93. The number of imidazole rings is 1. The third kappa shape index (κ3) is 9.69. The molecule has 0 unspecified atom stereocenters. The predicted octanol–water partition coefficient (Wildman–Crippen LogP) is 7.89. The largest absolute Gasteiger partial charge is 0.453 e. The molecule has 14 heteroatoms. The van der Waals surface area contributed by atoms with Crippen molar-refractivity contribution in [3.63, 3.8) is 0 Å². The molecule has 4 heterocycles. The van der Waals surface area contributed by atoms with Crippen LogP contribution in [0.5, 0.6) is 0 Å². The van der Waals surface area contributed by atoms with Crippen LogP contribution in [0, 0.1) is 19.8 Å². The number of methoxy groups -OCH3 is 1. The highest BCUT2D eigenvalue weighted by Crippen LogP contribution is 2.35. The number of rotatable bonds is 9. The van der Waals surface area contributed by atoms with Gasteiger partial charge in [0.15, 0.2) is 0 Å². The van der Waals surface area contributed by atoms with Crippen molar-refractivity contribution < 1.29 is 28.7 Å². The van der Waals surface area contributed by atoms with Gasteiger partial charge in [-0.2, -0.15) is 0 Å². The topological polar surface area (TPSA) is 162 Å². The molecule has 0 aliphatic carbocycles. The van der Waals surface area contributed by atoms with E-state index >= 15 is 0 Å². The van der Waals surface area contributed by atoms with Crippen molar-refractivity contribution in [3.05, 3.63) is 83.4 Å². The summed E-state index contributed by atoms with van der Waals surface area (Å²) in [5.41, 5.74) is 6.49. The molecule has 2 fully saturated rings. The number of alkyl carbamates (subject to hydrolysis) is 1. The lowest BCUT2D eigenvalue weighted by molar-refractivity contribution is -0.135. The number of anilines is 2. The number of amides is 4. The molecule has 0 bridgehead atoms. The maximum atomic E-state index is 13.6. The number of aryl methyl sites for hydroxylation is 2. The van der Waals surface area contributed by atoms with Crippen molar-refractivity contribution >= 4 is 35.5 Å². The molecule has 4 amide bonds. The Labute approximate surface area is 347 Å². The van der Waals surface area contributed by atoms with E-state index in [0.29, 0.717) is 36.7 Å². The number of likely N-dealkylation sites (tertiary alicyclic amines) is 1. The Morgan fingerprint density at radius 2 is 1.63 bits per heavy atom. The standard InChI is InChI=1S/C45H58N8O6/c1-26(2)39(50-43(56)58-10)42(55)51-19-11-12-37(51)40-47-23-36(49-40)31-13-16-34(27(3)20-31)35-17-15-33(21-28(35)4)48-41(54)32-14-18-38(46-22-32)52-24-30(6)53(25-29(52)5)44(57)59-45(7,8)9/h13-18,20-23,26,29-30,37,39H,11-12,19,24-25H2,1-10H3,(H,47,49)(H,48,54)(H,50,56)/t29-,30+,37+,39+/m1/s1. The van der Waals surface area contributed by atoms with Gasteiger partial charge < -0.3 is 39.8 Å². The molecule has 2 aromatic heterocycles. The van der Waals surface area contributed by atoms with Gasteiger partial charge in [-0.3, -0.25) is 9.59 Å². The first-order chi connectivity index (χ1) is 27.9. The van der Waals surface area contributed by atoms with Gasteiger partial charge in [0.05, 0.1) is 24.4 Å². The normalized spacial score (nSPS) is 18.8. The number of aromatic amines is 1. The van der Waals surface area contributed by atoms with Gasteiger partial charge in [-0.05, 0) is 120 Å². The summed E-state index contributed by atoms with van der Waals surface area (Å²) in [7, 11) is 1.29. The van der Waals surface area contributed by atoms with Crippen LogP contribution in [0.3, 0.4) is 0 Å². The Bertz CT molecular complexity index is 2180. The van der Waals surface area contributed by atoms with E-state index in [0.717, 1.165) is 52.2 Å². The lowest BCUT2D eigenvalue weighted by Crippen LogP contribution is -2.59. The van der Waals surface area contributed by atoms with E-state index in [4.69, 9.17) is 14.5 Å². The monoisotopic (exact) mass is 806 g/mol. The molecule has 0 radical (unpaired) electrons. The minimum atomic E-state index is -0.696. The molecule has 2 aliphatic rings. The molecule has 0 saturated carbocycles. The van der Waals surface area contributed by atoms with Gasteiger partial charge >= 0.3 is 12.2 Å². The summed E-state index contributed by atoms with van der Waals surface area (Å²) >= 11 is 0. The fourth-order valence-electron chi connectivity index (χ4n) is 7.93. The molecule has 59 heavy (non-hydrogen) atoms. The highest BCUT2D eigenvalue weighted by atomic mass is 16.6. The zero-order valence-corrected chi connectivity index (χ0v) is 35.9. The molecular formula is C45H58N8O6. The van der Waals surface area contributed by atoms with Gasteiger partial charge in [-0.15, -0.1) is 0 Å². The zero-order chi connectivity index (χ0) is 42.8. The fraction of sp³-hybridized carbons (Fsp3) is 0.467. The highest BCUT2D eigenvalue weighted by Gasteiger charge is 2.38. The van der Waals surface area contributed by atoms with Crippen LogP contribution in [-0.2, 0) is 14.3 Å². The third-order valence-electron chi connectivity index (χ3n) is 11.1. The van der Waals surface area contributed by atoms with E-state index in [1.54, 1.807) is 22.1 Å². The van der Waals surface area contributed by atoms with Crippen molar-refractivity contribution in [1.82, 2.24) is 30.1 Å². The first kappa shape index (κ1) is 42.7. The van der Waals surface area contributed by atoms with Crippen LogP contribution in [0.25, 0.3) is 22.4 Å². The molecule has 2 aliphatic heterocycles. The van der Waals surface area contributed by atoms with Gasteiger partial charge in [0.1, 0.15) is 23.3 Å². The molecule has 4 aromatic rings. The predicted molar refractivity (Wildman–Crippen MR) is 228 cm³/mol. The van der Waals surface area contributed by atoms with Crippen LogP contribution in [0.1, 0.15) is 94.7 Å². The second-order valence-corrected chi connectivity index (χ2v) is 17.1. The molecule has 4 atom stereocenters. The van der Waals surface area contributed by atoms with Crippen LogP contribution in [0.15, 0.2) is 60.9 Å². The average Bonchev–Trinajstić information content (AvgIpc) is 3.88. The smallest absolute Gasteiger partial charge is 0.410 e. The molecule has 0 spiro atoms. The van der Waals surface area contributed by atoms with Crippen molar-refractivity contribution in [3.8, 4) is 22.4 Å². The summed E-state index contributed by atoms with van der Waals surface area (Å²) in [6.45, 7) is 19.2. The number of ether oxygens (including phenoxy) is 2. The Kier molecular flexibility index (Phi) is 12.7. The Morgan fingerprint density at radius 3 is 2.25 bits per heavy atom. The molecular weight excluding hydrogens is 749 g/mol. The Morgan fingerprint density at radius 1 is 0.915 bits per heavy atom. The number of nitrogens with zero attached hydrogens (tertiary/aromatic N) is 5. The number of hydrogen-bond acceptors (Lipinski definition) is 9. The maximum absolute atomic E-state index is 13.6. The maximum Gasteiger partial charge on any atom is 0.410 e. The lowest BCUT2D eigenvalue weighted by Gasteiger charge is -2.44. The van der Waals surface area contributed by atoms with Crippen molar-refractivity contribution in [2.45, 2.75) is 105 Å². The minimum Gasteiger partial charge on any atom is -0.453 e. The van der Waals surface area contributed by atoms with Crippen molar-refractivity contribution in [2.24, 2.45) is 5.92 Å². The molecule has 2 saturated heterocycles. The number of nitrogens with one attached hydrogen (secondary N) is 3. The van der Waals surface area contributed by atoms with Crippen LogP contribution in [0.4, 0.5) is 21.1 Å². The van der Waals surface area contributed by atoms with Gasteiger partial charge in [-0.1, -0.05) is 32.0 Å². The molecule has 3 N–H and O–H groups in total. The van der Waals surface area contributed by atoms with Crippen LogP contribution < -0.4 is 15.5 Å². The van der Waals surface area contributed by atoms with E-state index in [1.165, 1.54) is 7.11 Å². The number of hydrogen-bond donors (Lipinski definition) is 3. The van der Waals surface area contributed by atoms with Crippen LogP contribution >= 0.6 is 0 Å². The Balaban J connectivity index is 1.09. The van der Waals surface area contributed by atoms with E-state index < -0.39 is 17.7 Å². The number of H-pyrrole nitrogens is 1. The summed E-state index contributed by atoms with van der Waals surface area (Å²) in [5, 5.41) is 5.72. The van der Waals surface area contributed by atoms with E-state index in [2.05, 4.69) is 51.5 Å². The summed E-state index contributed by atoms with van der Waals surface area (Å²) < 4.78 is 10.4. The molecule has 314 valence electrons. The number of carbonyl (C=O) groups excluding carboxylic acids is 4. The quantitative estimate of drug-likeness (QED) is 0.153. The number of piperazine rings is 1. The lowest BCUT2D eigenvalue weighted by atomic mass is 9.94. The van der Waals surface area contributed by atoms with Gasteiger partial charge in [0.25, 0.3) is 5.91 Å². The van der Waals surface area contributed by atoms with Gasteiger partial charge in [0.2, 0.25) is 5.91 Å². The first-order valence-electron chi connectivity index (χ1n) is 20.4. The minimum absolute atomic E-state index is 0.0138. The van der Waals surface area contributed by atoms with Crippen LogP contribution in [0.2, 0.25) is 0 Å². The number of pyridine rings is 1. The van der Waals surface area contributed by atoms with E-state index in [-0.39, 0.29) is 42.0 Å². The summed E-state index contributed by atoms with van der Waals surface area (Å²) in [6.07, 6.45) is 4.14. The number of carbonyl (C=O) groups is 4. The van der Waals surface area contributed by atoms with Gasteiger partial charge in [-0.25, -0.2) is 19.6 Å². The van der Waals surface area contributed by atoms with Crippen LogP contribution in [-0.4, -0.2) is 99.2 Å². The molecule has 2 aromatic carbocycles. The number of aromatic nitrogens is 3. The van der Waals surface area contributed by atoms with E-state index in [1.807, 2.05) is 85.0 Å². The summed E-state index contributed by atoms with van der Waals surface area (Å²) in [5.74, 6) is 0.949. The van der Waals surface area contributed by atoms with Crippen molar-refractivity contribution in [2.75, 3.05) is 37.0 Å². The zero-order valence-electron chi connectivity index (χ0n) is 35.9. The summed E-state index contributed by atoms with van der Waals surface area (Å²) in [6, 6.07) is 14.8. The van der Waals surface area contributed by atoms with E-state index in [9.17, 15) is 19.2 Å².